The van der Waals surface area contributed by atoms with Crippen LogP contribution in [0.2, 0.25) is 0 Å². The third-order valence-corrected chi connectivity index (χ3v) is 3.69. The molecule has 0 amide bonds. The molecule has 2 nitrogen and oxygen atoms in total. The summed E-state index contributed by atoms with van der Waals surface area (Å²) in [7, 11) is 0. The molecule has 0 heterocycles. The first kappa shape index (κ1) is 15.9. The first-order valence-corrected chi connectivity index (χ1v) is 6.84. The fourth-order valence-electron chi connectivity index (χ4n) is 2.28. The Kier molecular flexibility index (Phi) is 8.96. The van der Waals surface area contributed by atoms with E-state index >= 15 is 0 Å². The van der Waals surface area contributed by atoms with Crippen molar-refractivity contribution in [3.8, 4) is 0 Å². The second kappa shape index (κ2) is 9.00. The second-order valence-corrected chi connectivity index (χ2v) is 5.59. The van der Waals surface area contributed by atoms with E-state index in [1.165, 1.54) is 25.7 Å². The highest BCUT2D eigenvalue weighted by atomic mass is 17.1. The molecule has 16 heavy (non-hydrogen) atoms. The standard InChI is InChI=1S/C14H30O2/c1-5-10-14(4,12-16-15)11-8-7-9-13(3)6-2/h13,15H,5-12H2,1-4H3. The molecule has 2 heteroatoms. The predicted molar refractivity (Wildman–Crippen MR) is 69.5 cm³/mol. The predicted octanol–water partition coefficient (Wildman–Crippen LogP) is 4.89. The van der Waals surface area contributed by atoms with Crippen LogP contribution in [0, 0.1) is 11.3 Å². The molecule has 0 aromatic heterocycles. The molecule has 0 saturated heterocycles. The highest BCUT2D eigenvalue weighted by Crippen LogP contribution is 2.30. The van der Waals surface area contributed by atoms with Crippen LogP contribution in [0.3, 0.4) is 0 Å². The summed E-state index contributed by atoms with van der Waals surface area (Å²) in [6, 6.07) is 0. The summed E-state index contributed by atoms with van der Waals surface area (Å²) in [5.74, 6) is 0.853. The molecule has 0 bridgehead atoms. The minimum atomic E-state index is 0.166. The maximum absolute atomic E-state index is 8.61. The van der Waals surface area contributed by atoms with Crippen LogP contribution in [-0.4, -0.2) is 11.9 Å². The van der Waals surface area contributed by atoms with Gasteiger partial charge in [-0.15, -0.1) is 0 Å². The lowest BCUT2D eigenvalue weighted by atomic mass is 9.81. The summed E-state index contributed by atoms with van der Waals surface area (Å²) in [4.78, 5) is 4.36. The first-order valence-electron chi connectivity index (χ1n) is 6.84. The summed E-state index contributed by atoms with van der Waals surface area (Å²) in [5.41, 5.74) is 0.166. The fraction of sp³-hybridized carbons (Fsp3) is 1.00. The van der Waals surface area contributed by atoms with E-state index in [1.54, 1.807) is 0 Å². The molecule has 0 saturated carbocycles. The number of rotatable bonds is 10. The molecular formula is C14H30O2. The molecule has 0 aliphatic rings. The monoisotopic (exact) mass is 230 g/mol. The van der Waals surface area contributed by atoms with Gasteiger partial charge in [0.05, 0.1) is 6.61 Å². The zero-order valence-electron chi connectivity index (χ0n) is 11.6. The largest absolute Gasteiger partial charge is 0.252 e. The van der Waals surface area contributed by atoms with Crippen LogP contribution < -0.4 is 0 Å². The second-order valence-electron chi connectivity index (χ2n) is 5.59. The summed E-state index contributed by atoms with van der Waals surface area (Å²) in [5, 5.41) is 8.61. The Balaban J connectivity index is 3.75. The normalized spacial score (nSPS) is 17.1. The molecular weight excluding hydrogens is 200 g/mol. The van der Waals surface area contributed by atoms with Crippen LogP contribution in [0.4, 0.5) is 0 Å². The molecule has 0 aromatic carbocycles. The van der Waals surface area contributed by atoms with Gasteiger partial charge in [0, 0.05) is 0 Å². The van der Waals surface area contributed by atoms with Crippen molar-refractivity contribution >= 4 is 0 Å². The lowest BCUT2D eigenvalue weighted by Crippen LogP contribution is -2.22. The Bertz CT molecular complexity index is 151. The molecule has 0 spiro atoms. The Labute approximate surface area is 101 Å². The van der Waals surface area contributed by atoms with Gasteiger partial charge in [-0.25, -0.2) is 4.89 Å². The van der Waals surface area contributed by atoms with E-state index in [0.29, 0.717) is 6.61 Å². The van der Waals surface area contributed by atoms with E-state index in [1.807, 2.05) is 0 Å². The summed E-state index contributed by atoms with van der Waals surface area (Å²) >= 11 is 0. The SMILES string of the molecule is CCCC(C)(CCCCC(C)CC)COO. The van der Waals surface area contributed by atoms with Crippen molar-refractivity contribution in [2.45, 2.75) is 72.6 Å². The lowest BCUT2D eigenvalue weighted by molar-refractivity contribution is -0.262. The number of hydrogen-bond acceptors (Lipinski definition) is 2. The minimum Gasteiger partial charge on any atom is -0.252 e. The molecule has 2 atom stereocenters. The summed E-state index contributed by atoms with van der Waals surface area (Å²) in [6.45, 7) is 9.46. The third kappa shape index (κ3) is 7.24. The quantitative estimate of drug-likeness (QED) is 0.329. The van der Waals surface area contributed by atoms with Crippen LogP contribution in [0.5, 0.6) is 0 Å². The highest BCUT2D eigenvalue weighted by Gasteiger charge is 2.23. The molecule has 2 unspecified atom stereocenters. The molecule has 0 aromatic rings. The van der Waals surface area contributed by atoms with Gasteiger partial charge in [-0.1, -0.05) is 59.8 Å². The van der Waals surface area contributed by atoms with E-state index < -0.39 is 0 Å². The van der Waals surface area contributed by atoms with Gasteiger partial charge < -0.3 is 0 Å². The van der Waals surface area contributed by atoms with E-state index in [0.717, 1.165) is 25.2 Å². The van der Waals surface area contributed by atoms with Gasteiger partial charge in [0.15, 0.2) is 0 Å². The lowest BCUT2D eigenvalue weighted by Gasteiger charge is -2.27. The van der Waals surface area contributed by atoms with Crippen molar-refractivity contribution in [2.24, 2.45) is 11.3 Å². The van der Waals surface area contributed by atoms with Crippen LogP contribution >= 0.6 is 0 Å². The maximum atomic E-state index is 8.61. The van der Waals surface area contributed by atoms with Gasteiger partial charge in [0.2, 0.25) is 0 Å². The van der Waals surface area contributed by atoms with Crippen LogP contribution in [0.15, 0.2) is 0 Å². The number of unbranched alkanes of at least 4 members (excludes halogenated alkanes) is 1. The molecule has 1 N–H and O–H groups in total. The van der Waals surface area contributed by atoms with E-state index in [9.17, 15) is 0 Å². The maximum Gasteiger partial charge on any atom is 0.0873 e. The zero-order valence-corrected chi connectivity index (χ0v) is 11.6. The fourth-order valence-corrected chi connectivity index (χ4v) is 2.28. The van der Waals surface area contributed by atoms with Gasteiger partial charge in [0.1, 0.15) is 0 Å². The van der Waals surface area contributed by atoms with Crippen molar-refractivity contribution in [3.05, 3.63) is 0 Å². The Morgan fingerprint density at radius 2 is 1.88 bits per heavy atom. The molecule has 98 valence electrons. The smallest absolute Gasteiger partial charge is 0.0873 e. The van der Waals surface area contributed by atoms with Gasteiger partial charge in [-0.2, -0.15) is 0 Å². The van der Waals surface area contributed by atoms with Crippen LogP contribution in [-0.2, 0) is 4.89 Å². The zero-order chi connectivity index (χ0) is 12.4. The molecule has 0 fully saturated rings. The summed E-state index contributed by atoms with van der Waals surface area (Å²) < 4.78 is 0. The van der Waals surface area contributed by atoms with Crippen molar-refractivity contribution in [1.29, 1.82) is 0 Å². The summed E-state index contributed by atoms with van der Waals surface area (Å²) in [6.07, 6.45) is 8.63. The van der Waals surface area contributed by atoms with Crippen molar-refractivity contribution in [2.75, 3.05) is 6.61 Å². The minimum absolute atomic E-state index is 0.166. The molecule has 0 aliphatic heterocycles. The van der Waals surface area contributed by atoms with Crippen LogP contribution in [0.1, 0.15) is 72.6 Å². The number of hydrogen-bond donors (Lipinski definition) is 1. The van der Waals surface area contributed by atoms with E-state index in [-0.39, 0.29) is 5.41 Å². The van der Waals surface area contributed by atoms with Crippen molar-refractivity contribution < 1.29 is 10.1 Å². The van der Waals surface area contributed by atoms with Gasteiger partial charge in [0.25, 0.3) is 0 Å². The van der Waals surface area contributed by atoms with Crippen molar-refractivity contribution in [1.82, 2.24) is 0 Å². The average Bonchev–Trinajstić information content (AvgIpc) is 2.25. The highest BCUT2D eigenvalue weighted by molar-refractivity contribution is 4.73. The Morgan fingerprint density at radius 1 is 1.19 bits per heavy atom. The van der Waals surface area contributed by atoms with E-state index in [4.69, 9.17) is 5.26 Å². The van der Waals surface area contributed by atoms with Crippen LogP contribution in [0.25, 0.3) is 0 Å². The Hall–Kier alpha value is -0.0800. The molecule has 0 rings (SSSR count). The van der Waals surface area contributed by atoms with Crippen molar-refractivity contribution in [3.63, 3.8) is 0 Å². The first-order chi connectivity index (χ1) is 7.58. The third-order valence-electron chi connectivity index (χ3n) is 3.69. The molecule has 0 radical (unpaired) electrons. The molecule has 0 aliphatic carbocycles. The van der Waals surface area contributed by atoms with Gasteiger partial charge in [-0.3, -0.25) is 5.26 Å². The van der Waals surface area contributed by atoms with E-state index in [2.05, 4.69) is 32.6 Å². The Morgan fingerprint density at radius 3 is 2.38 bits per heavy atom. The van der Waals surface area contributed by atoms with Gasteiger partial charge in [-0.05, 0) is 24.2 Å². The van der Waals surface area contributed by atoms with Gasteiger partial charge >= 0.3 is 0 Å². The topological polar surface area (TPSA) is 29.5 Å². The average molecular weight is 230 g/mol.